The van der Waals surface area contributed by atoms with Crippen LogP contribution < -0.4 is 4.74 Å². The van der Waals surface area contributed by atoms with Crippen molar-refractivity contribution < 1.29 is 24.5 Å². The maximum atomic E-state index is 12.6. The second-order valence-corrected chi connectivity index (χ2v) is 10.5. The van der Waals surface area contributed by atoms with Crippen LogP contribution in [0.2, 0.25) is 0 Å². The van der Waals surface area contributed by atoms with Gasteiger partial charge in [0.2, 0.25) is 0 Å². The van der Waals surface area contributed by atoms with Gasteiger partial charge in [0.1, 0.15) is 0 Å². The first kappa shape index (κ1) is 29.4. The van der Waals surface area contributed by atoms with E-state index in [9.17, 15) is 9.90 Å². The summed E-state index contributed by atoms with van der Waals surface area (Å²) >= 11 is 0. The summed E-state index contributed by atoms with van der Waals surface area (Å²) < 4.78 is 11.7. The molecular formula is C30H48O5. The van der Waals surface area contributed by atoms with Crippen LogP contribution in [0, 0.1) is 11.8 Å². The van der Waals surface area contributed by atoms with Crippen LogP contribution in [0.4, 0.5) is 0 Å². The van der Waals surface area contributed by atoms with Crippen molar-refractivity contribution in [3.63, 3.8) is 0 Å². The maximum Gasteiger partial charge on any atom is 0.161 e. The number of hydrogen-bond donors (Lipinski definition) is 2. The second-order valence-electron chi connectivity index (χ2n) is 10.5. The van der Waals surface area contributed by atoms with Gasteiger partial charge in [-0.05, 0) is 93.2 Å². The molecule has 2 rings (SSSR count). The van der Waals surface area contributed by atoms with E-state index in [1.54, 1.807) is 13.2 Å². The molecule has 0 aliphatic heterocycles. The average molecular weight is 489 g/mol. The Labute approximate surface area is 212 Å². The minimum absolute atomic E-state index is 0.0880. The molecule has 0 aromatic heterocycles. The molecule has 1 aliphatic rings. The Morgan fingerprint density at radius 1 is 1.14 bits per heavy atom. The zero-order valence-electron chi connectivity index (χ0n) is 22.4. The molecule has 1 aromatic rings. The minimum Gasteiger partial charge on any atom is -0.504 e. The number of ketones is 1. The highest BCUT2D eigenvalue weighted by Gasteiger charge is 2.23. The van der Waals surface area contributed by atoms with Gasteiger partial charge < -0.3 is 19.7 Å². The number of phenolic OH excluding ortho intramolecular Hbond substituents is 1. The number of rotatable bonds is 17. The molecule has 1 aromatic carbocycles. The quantitative estimate of drug-likeness (QED) is 0.238. The molecule has 0 heterocycles. The van der Waals surface area contributed by atoms with Crippen molar-refractivity contribution in [2.75, 3.05) is 20.3 Å². The highest BCUT2D eigenvalue weighted by atomic mass is 16.5. The van der Waals surface area contributed by atoms with Gasteiger partial charge in [0.05, 0.1) is 6.10 Å². The van der Waals surface area contributed by atoms with Gasteiger partial charge in [0, 0.05) is 32.3 Å². The number of aromatic hydroxyl groups is 1. The van der Waals surface area contributed by atoms with Gasteiger partial charge in [-0.3, -0.25) is 4.79 Å². The van der Waals surface area contributed by atoms with Crippen LogP contribution in [0.15, 0.2) is 24.3 Å². The third-order valence-electron chi connectivity index (χ3n) is 7.20. The van der Waals surface area contributed by atoms with Crippen LogP contribution in [0.3, 0.4) is 0 Å². The lowest BCUT2D eigenvalue weighted by Crippen LogP contribution is -2.13. The number of allylic oxidation sites excluding steroid dienone is 2. The Bertz CT molecular complexity index is 779. The van der Waals surface area contributed by atoms with Gasteiger partial charge >= 0.3 is 0 Å². The predicted molar refractivity (Wildman–Crippen MR) is 142 cm³/mol. The van der Waals surface area contributed by atoms with Crippen molar-refractivity contribution >= 4 is 5.78 Å². The van der Waals surface area contributed by atoms with Gasteiger partial charge in [-0.25, -0.2) is 0 Å². The molecule has 0 saturated heterocycles. The lowest BCUT2D eigenvalue weighted by molar-refractivity contribution is -0.114. The van der Waals surface area contributed by atoms with E-state index in [1.807, 2.05) is 12.1 Å². The Kier molecular flexibility index (Phi) is 13.4. The summed E-state index contributed by atoms with van der Waals surface area (Å²) in [5, 5.41) is 20.4. The number of ether oxygens (including phenoxy) is 2. The second kappa shape index (κ2) is 16.0. The third-order valence-corrected chi connectivity index (χ3v) is 7.20. The molecule has 1 saturated carbocycles. The van der Waals surface area contributed by atoms with Crippen molar-refractivity contribution in [1.82, 2.24) is 0 Å². The van der Waals surface area contributed by atoms with E-state index in [4.69, 9.17) is 14.6 Å². The fraction of sp³-hybridized carbons (Fsp3) is 0.700. The van der Waals surface area contributed by atoms with E-state index < -0.39 is 0 Å². The molecule has 0 bridgehead atoms. The van der Waals surface area contributed by atoms with Crippen molar-refractivity contribution in [2.24, 2.45) is 11.8 Å². The summed E-state index contributed by atoms with van der Waals surface area (Å²) in [5.74, 6) is 1.91. The van der Waals surface area contributed by atoms with E-state index >= 15 is 0 Å². The first-order chi connectivity index (χ1) is 16.9. The van der Waals surface area contributed by atoms with E-state index in [-0.39, 0.29) is 36.1 Å². The lowest BCUT2D eigenvalue weighted by Gasteiger charge is -2.23. The van der Waals surface area contributed by atoms with Crippen LogP contribution in [0.5, 0.6) is 11.5 Å². The number of carbonyl (C=O) groups excluding carboxylic acids is 1. The summed E-state index contributed by atoms with van der Waals surface area (Å²) in [6.07, 6.45) is 13.6. The minimum atomic E-state index is 0.0880. The molecule has 198 valence electrons. The predicted octanol–water partition coefficient (Wildman–Crippen LogP) is 6.74. The van der Waals surface area contributed by atoms with Crippen molar-refractivity contribution in [1.29, 1.82) is 0 Å². The van der Waals surface area contributed by atoms with E-state index in [1.165, 1.54) is 12.8 Å². The molecule has 5 heteroatoms. The molecule has 0 radical (unpaired) electrons. The van der Waals surface area contributed by atoms with Crippen LogP contribution >= 0.6 is 0 Å². The Morgan fingerprint density at radius 3 is 2.51 bits per heavy atom. The fourth-order valence-electron chi connectivity index (χ4n) is 4.87. The average Bonchev–Trinajstić information content (AvgIpc) is 3.35. The van der Waals surface area contributed by atoms with E-state index in [0.717, 1.165) is 49.7 Å². The van der Waals surface area contributed by atoms with E-state index in [2.05, 4.69) is 26.8 Å². The summed E-state index contributed by atoms with van der Waals surface area (Å²) in [6.45, 7) is 7.29. The first-order valence-electron chi connectivity index (χ1n) is 13.7. The number of methoxy groups -OCH3 is 1. The molecule has 1 aliphatic carbocycles. The lowest BCUT2D eigenvalue weighted by atomic mass is 9.86. The zero-order valence-corrected chi connectivity index (χ0v) is 22.4. The Balaban J connectivity index is 2.24. The fourth-order valence-corrected chi connectivity index (χ4v) is 4.87. The first-order valence-corrected chi connectivity index (χ1v) is 13.7. The van der Waals surface area contributed by atoms with Crippen LogP contribution in [0.1, 0.15) is 102 Å². The van der Waals surface area contributed by atoms with Gasteiger partial charge in [-0.15, -0.1) is 0 Å². The molecule has 5 nitrogen and oxygen atoms in total. The standard InChI is InChI=1S/C30H48O5/c1-5-23(16-18-31)11-14-26(32)15-12-24-20-28(25(17-19-34-4)13-10-22(2)3)30(33)29(21-24)35-27-8-6-7-9-27/h11,14,20-23,25,27,31,33H,5-10,12-13,15-19H2,1-4H3/t23-,25+/m1/s1. The SMILES string of the molecule is CC[C@H](C=CC(=O)CCc1cc(OC2CCCC2)c(O)c([C@H](CCOC)CCC(C)C)c1)CCO. The number of hydrogen-bond acceptors (Lipinski definition) is 5. The molecule has 0 amide bonds. The Hall–Kier alpha value is -1.85. The third kappa shape index (κ3) is 10.3. The van der Waals surface area contributed by atoms with Gasteiger partial charge in [-0.1, -0.05) is 39.3 Å². The van der Waals surface area contributed by atoms with Crippen LogP contribution in [-0.2, 0) is 16.0 Å². The topological polar surface area (TPSA) is 76.0 Å². The smallest absolute Gasteiger partial charge is 0.161 e. The summed E-state index contributed by atoms with van der Waals surface area (Å²) in [6, 6.07) is 4.01. The zero-order chi connectivity index (χ0) is 25.6. The normalized spacial score (nSPS) is 16.3. The summed E-state index contributed by atoms with van der Waals surface area (Å²) in [5.41, 5.74) is 1.95. The number of aryl methyl sites for hydroxylation is 1. The monoisotopic (exact) mass is 488 g/mol. The molecule has 0 spiro atoms. The van der Waals surface area contributed by atoms with Gasteiger partial charge in [0.25, 0.3) is 0 Å². The van der Waals surface area contributed by atoms with Crippen molar-refractivity contribution in [3.05, 3.63) is 35.4 Å². The largest absolute Gasteiger partial charge is 0.504 e. The number of benzene rings is 1. The van der Waals surface area contributed by atoms with Gasteiger partial charge in [-0.2, -0.15) is 0 Å². The highest BCUT2D eigenvalue weighted by Crippen LogP contribution is 2.41. The van der Waals surface area contributed by atoms with Crippen LogP contribution in [-0.4, -0.2) is 42.4 Å². The molecular weight excluding hydrogens is 440 g/mol. The maximum absolute atomic E-state index is 12.6. The van der Waals surface area contributed by atoms with E-state index in [0.29, 0.717) is 37.5 Å². The number of aliphatic hydroxyl groups excluding tert-OH is 1. The molecule has 1 fully saturated rings. The summed E-state index contributed by atoms with van der Waals surface area (Å²) in [7, 11) is 1.72. The number of phenols is 1. The molecule has 2 N–H and O–H groups in total. The van der Waals surface area contributed by atoms with Gasteiger partial charge in [0.15, 0.2) is 17.3 Å². The van der Waals surface area contributed by atoms with Crippen molar-refractivity contribution in [2.45, 2.75) is 103 Å². The molecule has 2 atom stereocenters. The highest BCUT2D eigenvalue weighted by molar-refractivity contribution is 5.89. The number of carbonyl (C=O) groups is 1. The Morgan fingerprint density at radius 2 is 1.89 bits per heavy atom. The van der Waals surface area contributed by atoms with Crippen LogP contribution in [0.25, 0.3) is 0 Å². The summed E-state index contributed by atoms with van der Waals surface area (Å²) in [4.78, 5) is 12.6. The molecule has 0 unspecified atom stereocenters. The number of aliphatic hydroxyl groups is 1. The molecule has 35 heavy (non-hydrogen) atoms. The van der Waals surface area contributed by atoms with Crippen molar-refractivity contribution in [3.8, 4) is 11.5 Å².